The molecule has 31 heavy (non-hydrogen) atoms. The third-order valence-electron chi connectivity index (χ3n) is 5.41. The predicted octanol–water partition coefficient (Wildman–Crippen LogP) is 4.09. The highest BCUT2D eigenvalue weighted by molar-refractivity contribution is 6.00. The monoisotopic (exact) mass is 419 g/mol. The molecule has 0 spiro atoms. The molecule has 1 heterocycles. The lowest BCUT2D eigenvalue weighted by atomic mass is 9.94. The van der Waals surface area contributed by atoms with Crippen molar-refractivity contribution in [3.63, 3.8) is 0 Å². The molecule has 0 saturated heterocycles. The summed E-state index contributed by atoms with van der Waals surface area (Å²) < 4.78 is 1.37. The molecule has 0 radical (unpaired) electrons. The maximum absolute atomic E-state index is 13.3. The van der Waals surface area contributed by atoms with Crippen molar-refractivity contribution in [2.24, 2.45) is 0 Å². The number of aromatic nitrogens is 2. The third kappa shape index (κ3) is 4.85. The molecule has 0 aliphatic carbocycles. The van der Waals surface area contributed by atoms with Gasteiger partial charge in [-0.05, 0) is 37.5 Å². The van der Waals surface area contributed by atoms with Crippen molar-refractivity contribution in [1.29, 1.82) is 0 Å². The second-order valence-electron chi connectivity index (χ2n) is 7.64. The van der Waals surface area contributed by atoms with Gasteiger partial charge in [-0.1, -0.05) is 62.4 Å². The van der Waals surface area contributed by atoms with E-state index in [-0.39, 0.29) is 29.7 Å². The molecule has 3 rings (SSSR count). The van der Waals surface area contributed by atoms with Crippen LogP contribution >= 0.6 is 0 Å². The Balaban J connectivity index is 1.87. The summed E-state index contributed by atoms with van der Waals surface area (Å²) in [4.78, 5) is 41.0. The van der Waals surface area contributed by atoms with E-state index in [1.165, 1.54) is 4.68 Å². The van der Waals surface area contributed by atoms with Gasteiger partial charge in [0.25, 0.3) is 5.56 Å². The Morgan fingerprint density at radius 1 is 1.00 bits per heavy atom. The largest absolute Gasteiger partial charge is 0.334 e. The summed E-state index contributed by atoms with van der Waals surface area (Å²) in [6, 6.07) is 18.7. The number of carbonyl (C=O) groups is 2. The average molecular weight is 420 g/mol. The van der Waals surface area contributed by atoms with Crippen molar-refractivity contribution in [3.8, 4) is 5.69 Å². The van der Waals surface area contributed by atoms with Gasteiger partial charge in [0, 0.05) is 12.2 Å². The van der Waals surface area contributed by atoms with E-state index in [2.05, 4.69) is 5.10 Å². The molecular formula is C25H29N3O3. The SMILES string of the molecule is CCCN(CC(=O)c1c(C)[nH]n(-c2ccccc2)c1=O)C(=O)C(CC)c1ccccc1. The number of rotatable bonds is 9. The Labute approximate surface area is 182 Å². The molecule has 6 heteroatoms. The molecule has 0 bridgehead atoms. The van der Waals surface area contributed by atoms with Crippen LogP contribution in [0, 0.1) is 6.92 Å². The molecule has 1 atom stereocenters. The highest BCUT2D eigenvalue weighted by atomic mass is 16.2. The van der Waals surface area contributed by atoms with Gasteiger partial charge in [0.15, 0.2) is 5.78 Å². The van der Waals surface area contributed by atoms with Gasteiger partial charge in [0.2, 0.25) is 5.91 Å². The van der Waals surface area contributed by atoms with Gasteiger partial charge in [-0.2, -0.15) is 0 Å². The second kappa shape index (κ2) is 10.1. The number of benzene rings is 2. The first-order valence-electron chi connectivity index (χ1n) is 10.7. The highest BCUT2D eigenvalue weighted by Crippen LogP contribution is 2.22. The topological polar surface area (TPSA) is 75.2 Å². The minimum Gasteiger partial charge on any atom is -0.334 e. The van der Waals surface area contributed by atoms with Crippen LogP contribution in [0.25, 0.3) is 5.69 Å². The Morgan fingerprint density at radius 2 is 1.61 bits per heavy atom. The summed E-state index contributed by atoms with van der Waals surface area (Å²) in [5.74, 6) is -0.743. The minimum atomic E-state index is -0.396. The molecular weight excluding hydrogens is 390 g/mol. The molecule has 0 fully saturated rings. The molecule has 0 saturated carbocycles. The molecule has 0 aliphatic heterocycles. The number of hydrogen-bond donors (Lipinski definition) is 1. The number of amides is 1. The molecule has 3 aromatic rings. The lowest BCUT2D eigenvalue weighted by Crippen LogP contribution is -2.40. The van der Waals surface area contributed by atoms with E-state index in [0.717, 1.165) is 12.0 Å². The molecule has 1 unspecified atom stereocenters. The van der Waals surface area contributed by atoms with Crippen LogP contribution in [0.4, 0.5) is 0 Å². The number of aryl methyl sites for hydroxylation is 1. The van der Waals surface area contributed by atoms with E-state index >= 15 is 0 Å². The molecule has 1 amide bonds. The zero-order valence-corrected chi connectivity index (χ0v) is 18.3. The van der Waals surface area contributed by atoms with Crippen molar-refractivity contribution < 1.29 is 9.59 Å². The summed E-state index contributed by atoms with van der Waals surface area (Å²) in [6.07, 6.45) is 1.37. The van der Waals surface area contributed by atoms with Gasteiger partial charge in [-0.3, -0.25) is 19.5 Å². The average Bonchev–Trinajstić information content (AvgIpc) is 3.09. The number of Topliss-reactive ketones (excluding diaryl/α,β-unsaturated/α-hetero) is 1. The van der Waals surface area contributed by atoms with Crippen LogP contribution in [-0.4, -0.2) is 39.5 Å². The molecule has 6 nitrogen and oxygen atoms in total. The van der Waals surface area contributed by atoms with Crippen molar-refractivity contribution in [1.82, 2.24) is 14.7 Å². The number of carbonyl (C=O) groups excluding carboxylic acids is 2. The normalized spacial score (nSPS) is 11.8. The third-order valence-corrected chi connectivity index (χ3v) is 5.41. The Bertz CT molecular complexity index is 1080. The Hall–Kier alpha value is -3.41. The maximum Gasteiger partial charge on any atom is 0.282 e. The van der Waals surface area contributed by atoms with Crippen LogP contribution in [0.2, 0.25) is 0 Å². The van der Waals surface area contributed by atoms with E-state index in [1.54, 1.807) is 24.0 Å². The second-order valence-corrected chi connectivity index (χ2v) is 7.64. The zero-order valence-electron chi connectivity index (χ0n) is 18.3. The summed E-state index contributed by atoms with van der Waals surface area (Å²) >= 11 is 0. The zero-order chi connectivity index (χ0) is 22.4. The van der Waals surface area contributed by atoms with Crippen LogP contribution in [0.3, 0.4) is 0 Å². The number of nitrogens with zero attached hydrogens (tertiary/aromatic N) is 2. The first-order valence-corrected chi connectivity index (χ1v) is 10.7. The fourth-order valence-corrected chi connectivity index (χ4v) is 3.88. The van der Waals surface area contributed by atoms with E-state index in [1.807, 2.05) is 62.4 Å². The summed E-state index contributed by atoms with van der Waals surface area (Å²) in [6.45, 7) is 6.00. The summed E-state index contributed by atoms with van der Waals surface area (Å²) in [7, 11) is 0. The van der Waals surface area contributed by atoms with E-state index in [4.69, 9.17) is 0 Å². The van der Waals surface area contributed by atoms with Gasteiger partial charge in [-0.25, -0.2) is 4.68 Å². The van der Waals surface area contributed by atoms with Crippen molar-refractivity contribution in [3.05, 3.63) is 87.8 Å². The standard InChI is InChI=1S/C25H29N3O3/c1-4-16-27(24(30)21(5-2)19-12-8-6-9-13-19)17-22(29)23-18(3)26-28(25(23)31)20-14-10-7-11-15-20/h6-15,21,26H,4-5,16-17H2,1-3H3. The first kappa shape index (κ1) is 22.3. The Morgan fingerprint density at radius 3 is 2.19 bits per heavy atom. The van der Waals surface area contributed by atoms with E-state index in [0.29, 0.717) is 24.3 Å². The van der Waals surface area contributed by atoms with Crippen molar-refractivity contribution in [2.75, 3.05) is 13.1 Å². The van der Waals surface area contributed by atoms with Gasteiger partial charge >= 0.3 is 0 Å². The smallest absolute Gasteiger partial charge is 0.282 e. The fraction of sp³-hybridized carbons (Fsp3) is 0.320. The molecule has 1 aromatic heterocycles. The van der Waals surface area contributed by atoms with Crippen molar-refractivity contribution in [2.45, 2.75) is 39.5 Å². The van der Waals surface area contributed by atoms with Gasteiger partial charge in [-0.15, -0.1) is 0 Å². The van der Waals surface area contributed by atoms with Crippen LogP contribution in [-0.2, 0) is 4.79 Å². The Kier molecular flexibility index (Phi) is 7.23. The number of hydrogen-bond acceptors (Lipinski definition) is 3. The molecule has 162 valence electrons. The van der Waals surface area contributed by atoms with Gasteiger partial charge < -0.3 is 4.90 Å². The lowest BCUT2D eigenvalue weighted by molar-refractivity contribution is -0.132. The number of nitrogens with one attached hydrogen (secondary N) is 1. The highest BCUT2D eigenvalue weighted by Gasteiger charge is 2.28. The number of aromatic amines is 1. The van der Waals surface area contributed by atoms with Crippen LogP contribution in [0.15, 0.2) is 65.5 Å². The lowest BCUT2D eigenvalue weighted by Gasteiger charge is -2.26. The molecule has 0 aliphatic rings. The summed E-state index contributed by atoms with van der Waals surface area (Å²) in [5, 5.41) is 2.98. The summed E-state index contributed by atoms with van der Waals surface area (Å²) in [5.41, 5.74) is 1.80. The predicted molar refractivity (Wildman–Crippen MR) is 122 cm³/mol. The van der Waals surface area contributed by atoms with E-state index in [9.17, 15) is 14.4 Å². The number of ketones is 1. The van der Waals surface area contributed by atoms with E-state index < -0.39 is 5.56 Å². The minimum absolute atomic E-state index is 0.0829. The maximum atomic E-state index is 13.3. The van der Waals surface area contributed by atoms with Crippen molar-refractivity contribution >= 4 is 11.7 Å². The van der Waals surface area contributed by atoms with Crippen LogP contribution < -0.4 is 5.56 Å². The fourth-order valence-electron chi connectivity index (χ4n) is 3.88. The van der Waals surface area contributed by atoms with Crippen LogP contribution in [0.1, 0.15) is 54.2 Å². The first-order chi connectivity index (χ1) is 15.0. The van der Waals surface area contributed by atoms with Crippen LogP contribution in [0.5, 0.6) is 0 Å². The number of H-pyrrole nitrogens is 1. The number of para-hydroxylation sites is 1. The quantitative estimate of drug-likeness (QED) is 0.531. The molecule has 2 aromatic carbocycles. The molecule has 1 N–H and O–H groups in total. The van der Waals surface area contributed by atoms with Gasteiger partial charge in [0.1, 0.15) is 5.56 Å². The van der Waals surface area contributed by atoms with Gasteiger partial charge in [0.05, 0.1) is 18.2 Å².